The monoisotopic (exact) mass is 285 g/mol. The Kier molecular flexibility index (Phi) is 6.04. The Morgan fingerprint density at radius 3 is 2.42 bits per heavy atom. The van der Waals surface area contributed by atoms with Crippen LogP contribution in [0.1, 0.15) is 13.8 Å². The molecule has 4 nitrogen and oxygen atoms in total. The van der Waals surface area contributed by atoms with Gasteiger partial charge in [-0.15, -0.1) is 0 Å². The van der Waals surface area contributed by atoms with Gasteiger partial charge in [-0.05, 0) is 0 Å². The first-order valence-corrected chi connectivity index (χ1v) is 5.06. The van der Waals surface area contributed by atoms with E-state index in [0.717, 1.165) is 0 Å². The summed E-state index contributed by atoms with van der Waals surface area (Å²) < 4.78 is 5.57. The van der Waals surface area contributed by atoms with Crippen LogP contribution < -0.4 is 5.32 Å². The van der Waals surface area contributed by atoms with Crippen LogP contribution in [0.3, 0.4) is 0 Å². The van der Waals surface area contributed by atoms with Gasteiger partial charge in [0.25, 0.3) is 0 Å². The van der Waals surface area contributed by atoms with E-state index in [9.17, 15) is 9.59 Å². The Bertz CT molecular complexity index is 172. The zero-order chi connectivity index (χ0) is 9.56. The van der Waals surface area contributed by atoms with Crippen molar-refractivity contribution in [3.8, 4) is 0 Å². The van der Waals surface area contributed by atoms with Crippen molar-refractivity contribution in [1.29, 1.82) is 0 Å². The third-order valence-electron chi connectivity index (χ3n) is 1.08. The molecule has 1 amide bonds. The summed E-state index contributed by atoms with van der Waals surface area (Å²) >= 11 is 2.10. The molecule has 0 heterocycles. The topological polar surface area (TPSA) is 55.4 Å². The quantitative estimate of drug-likeness (QED) is 0.464. The first-order valence-electron chi connectivity index (χ1n) is 3.54. The molecule has 0 spiro atoms. The Morgan fingerprint density at radius 2 is 2.08 bits per heavy atom. The van der Waals surface area contributed by atoms with Crippen LogP contribution >= 0.6 is 22.6 Å². The van der Waals surface area contributed by atoms with Crippen LogP contribution in [0.4, 0.5) is 0 Å². The van der Waals surface area contributed by atoms with E-state index in [0.29, 0.717) is 11.0 Å². The molecule has 1 atom stereocenters. The molecule has 0 aliphatic rings. The number of ether oxygens (including phenoxy) is 1. The lowest BCUT2D eigenvalue weighted by molar-refractivity contribution is -0.145. The molecule has 0 rings (SSSR count). The van der Waals surface area contributed by atoms with Gasteiger partial charge in [0.05, 0.1) is 6.54 Å². The van der Waals surface area contributed by atoms with Crippen molar-refractivity contribution in [3.05, 3.63) is 0 Å². The average Bonchev–Trinajstić information content (AvgIpc) is 1.97. The van der Waals surface area contributed by atoms with Crippen molar-refractivity contribution in [3.63, 3.8) is 0 Å². The molecule has 0 radical (unpaired) electrons. The van der Waals surface area contributed by atoms with Crippen LogP contribution in [0.2, 0.25) is 0 Å². The predicted octanol–water partition coefficient (Wildman–Crippen LogP) is 0.489. The Morgan fingerprint density at radius 1 is 1.50 bits per heavy atom. The number of alkyl halides is 1. The molecule has 1 N–H and O–H groups in total. The third kappa shape index (κ3) is 6.38. The largest absolute Gasteiger partial charge is 0.460 e. The van der Waals surface area contributed by atoms with Gasteiger partial charge in [0, 0.05) is 18.3 Å². The van der Waals surface area contributed by atoms with Crippen LogP contribution in [0.15, 0.2) is 0 Å². The summed E-state index contributed by atoms with van der Waals surface area (Å²) in [5.41, 5.74) is 0. The van der Waals surface area contributed by atoms with Gasteiger partial charge in [0.1, 0.15) is 6.10 Å². The van der Waals surface area contributed by atoms with E-state index in [1.807, 2.05) is 0 Å². The number of carbonyl (C=O) groups is 2. The maximum atomic E-state index is 10.5. The summed E-state index contributed by atoms with van der Waals surface area (Å²) in [6.45, 7) is 3.17. The van der Waals surface area contributed by atoms with Gasteiger partial charge in [-0.1, -0.05) is 22.6 Å². The lowest BCUT2D eigenvalue weighted by Crippen LogP contribution is -2.34. The molecule has 0 bridgehead atoms. The molecule has 0 aromatic heterocycles. The first kappa shape index (κ1) is 11.7. The molecule has 0 aliphatic heterocycles. The lowest BCUT2D eigenvalue weighted by atomic mass is 10.4. The lowest BCUT2D eigenvalue weighted by Gasteiger charge is -2.13. The molecule has 0 saturated heterocycles. The maximum absolute atomic E-state index is 10.5. The molecule has 0 saturated carbocycles. The van der Waals surface area contributed by atoms with Crippen molar-refractivity contribution >= 4 is 34.5 Å². The normalized spacial score (nSPS) is 11.9. The molecule has 70 valence electrons. The van der Waals surface area contributed by atoms with E-state index in [4.69, 9.17) is 4.74 Å². The van der Waals surface area contributed by atoms with Crippen LogP contribution in [0, 0.1) is 0 Å². The second kappa shape index (κ2) is 6.22. The van der Waals surface area contributed by atoms with E-state index in [1.165, 1.54) is 13.8 Å². The number of halogens is 1. The fourth-order valence-electron chi connectivity index (χ4n) is 0.620. The van der Waals surface area contributed by atoms with Gasteiger partial charge < -0.3 is 10.1 Å². The Hall–Kier alpha value is -0.330. The highest BCUT2D eigenvalue weighted by molar-refractivity contribution is 14.1. The van der Waals surface area contributed by atoms with Crippen LogP contribution in [-0.4, -0.2) is 29.0 Å². The minimum Gasteiger partial charge on any atom is -0.460 e. The first-order chi connectivity index (χ1) is 5.56. The number of rotatable bonds is 4. The Labute approximate surface area is 85.2 Å². The molecule has 0 aromatic carbocycles. The maximum Gasteiger partial charge on any atom is 0.302 e. The molecule has 0 aromatic rings. The van der Waals surface area contributed by atoms with Crippen molar-refractivity contribution in [2.75, 3.05) is 11.0 Å². The predicted molar refractivity (Wildman–Crippen MR) is 53.1 cm³/mol. The third-order valence-corrected chi connectivity index (χ3v) is 2.07. The molecule has 0 aliphatic carbocycles. The van der Waals surface area contributed by atoms with Gasteiger partial charge >= 0.3 is 5.97 Å². The minimum atomic E-state index is -0.318. The number of hydrogen-bond donors (Lipinski definition) is 1. The smallest absolute Gasteiger partial charge is 0.302 e. The molecular weight excluding hydrogens is 273 g/mol. The summed E-state index contributed by atoms with van der Waals surface area (Å²) in [5, 5.41) is 2.58. The SMILES string of the molecule is CC(=O)NC[C@@H](CI)OC(C)=O. The van der Waals surface area contributed by atoms with E-state index in [1.54, 1.807) is 0 Å². The highest BCUT2D eigenvalue weighted by Crippen LogP contribution is 1.96. The molecule has 0 fully saturated rings. The van der Waals surface area contributed by atoms with Gasteiger partial charge in [0.15, 0.2) is 0 Å². The van der Waals surface area contributed by atoms with Gasteiger partial charge in [0.2, 0.25) is 5.91 Å². The zero-order valence-electron chi connectivity index (χ0n) is 7.09. The summed E-state index contributed by atoms with van der Waals surface area (Å²) in [5.74, 6) is -0.431. The number of nitrogens with one attached hydrogen (secondary N) is 1. The fourth-order valence-corrected chi connectivity index (χ4v) is 1.11. The molecule has 5 heteroatoms. The number of carbonyl (C=O) groups excluding carboxylic acids is 2. The summed E-state index contributed by atoms with van der Waals surface area (Å²) in [4.78, 5) is 21.0. The molecule has 0 unspecified atom stereocenters. The zero-order valence-corrected chi connectivity index (χ0v) is 9.25. The number of amides is 1. The van der Waals surface area contributed by atoms with Crippen molar-refractivity contribution in [1.82, 2.24) is 5.32 Å². The van der Waals surface area contributed by atoms with Gasteiger partial charge in [-0.3, -0.25) is 9.59 Å². The summed E-state index contributed by atoms with van der Waals surface area (Å²) in [7, 11) is 0. The van der Waals surface area contributed by atoms with Crippen molar-refractivity contribution in [2.24, 2.45) is 0 Å². The van der Waals surface area contributed by atoms with Crippen LogP contribution in [0.5, 0.6) is 0 Å². The minimum absolute atomic E-state index is 0.114. The number of hydrogen-bond acceptors (Lipinski definition) is 3. The average molecular weight is 285 g/mol. The standard InChI is InChI=1S/C7H12INO3/c1-5(10)9-4-7(3-8)12-6(2)11/h7H,3-4H2,1-2H3,(H,9,10)/t7-/m1/s1. The van der Waals surface area contributed by atoms with E-state index in [-0.39, 0.29) is 18.0 Å². The summed E-state index contributed by atoms with van der Waals surface area (Å²) in [6, 6.07) is 0. The van der Waals surface area contributed by atoms with E-state index in [2.05, 4.69) is 27.9 Å². The van der Waals surface area contributed by atoms with Crippen LogP contribution in [-0.2, 0) is 14.3 Å². The fraction of sp³-hybridized carbons (Fsp3) is 0.714. The van der Waals surface area contributed by atoms with Crippen molar-refractivity contribution in [2.45, 2.75) is 20.0 Å². The van der Waals surface area contributed by atoms with E-state index >= 15 is 0 Å². The highest BCUT2D eigenvalue weighted by atomic mass is 127. The van der Waals surface area contributed by atoms with Gasteiger partial charge in [-0.2, -0.15) is 0 Å². The number of esters is 1. The Balaban J connectivity index is 3.67. The van der Waals surface area contributed by atoms with E-state index < -0.39 is 0 Å². The van der Waals surface area contributed by atoms with Crippen molar-refractivity contribution < 1.29 is 14.3 Å². The van der Waals surface area contributed by atoms with Gasteiger partial charge in [-0.25, -0.2) is 0 Å². The summed E-state index contributed by atoms with van der Waals surface area (Å²) in [6.07, 6.45) is -0.216. The van der Waals surface area contributed by atoms with Crippen LogP contribution in [0.25, 0.3) is 0 Å². The molecule has 12 heavy (non-hydrogen) atoms. The highest BCUT2D eigenvalue weighted by Gasteiger charge is 2.09. The second-order valence-corrected chi connectivity index (χ2v) is 3.20. The second-order valence-electron chi connectivity index (χ2n) is 2.32. The molecular formula is C7H12INO3.